The second kappa shape index (κ2) is 9.66. The van der Waals surface area contributed by atoms with E-state index in [0.29, 0.717) is 24.5 Å². The van der Waals surface area contributed by atoms with E-state index in [2.05, 4.69) is 30.2 Å². The summed E-state index contributed by atoms with van der Waals surface area (Å²) in [5.74, 6) is 0.840. The number of morpholine rings is 1. The van der Waals surface area contributed by atoms with E-state index in [0.717, 1.165) is 41.1 Å². The number of pyridine rings is 1. The number of hydrogen-bond acceptors (Lipinski definition) is 6. The fraction of sp³-hybridized carbons (Fsp3) is 0.370. The lowest BCUT2D eigenvalue weighted by molar-refractivity contribution is -0.144. The summed E-state index contributed by atoms with van der Waals surface area (Å²) >= 11 is 0. The molecule has 1 aliphatic heterocycles. The Morgan fingerprint density at radius 2 is 1.70 bits per heavy atom. The highest BCUT2D eigenvalue weighted by atomic mass is 19.4. The van der Waals surface area contributed by atoms with Gasteiger partial charge in [-0.2, -0.15) is 13.2 Å². The molecule has 4 heterocycles. The highest BCUT2D eigenvalue weighted by Crippen LogP contribution is 2.37. The number of halogens is 3. The Morgan fingerprint density at radius 3 is 2.38 bits per heavy atom. The molecule has 37 heavy (non-hydrogen) atoms. The van der Waals surface area contributed by atoms with Crippen molar-refractivity contribution in [1.82, 2.24) is 19.9 Å². The second-order valence-corrected chi connectivity index (χ2v) is 10.2. The van der Waals surface area contributed by atoms with Crippen molar-refractivity contribution >= 4 is 22.5 Å². The van der Waals surface area contributed by atoms with Crippen molar-refractivity contribution in [1.29, 1.82) is 0 Å². The largest absolute Gasteiger partial charge is 0.414 e. The molecule has 0 aliphatic carbocycles. The summed E-state index contributed by atoms with van der Waals surface area (Å²) in [4.78, 5) is 18.3. The van der Waals surface area contributed by atoms with E-state index in [4.69, 9.17) is 4.74 Å². The number of rotatable bonds is 5. The number of ether oxygens (including phenoxy) is 1. The molecule has 1 aromatic carbocycles. The van der Waals surface area contributed by atoms with E-state index in [1.807, 2.05) is 26.8 Å². The van der Waals surface area contributed by atoms with Gasteiger partial charge >= 0.3 is 6.18 Å². The van der Waals surface area contributed by atoms with E-state index < -0.39 is 12.2 Å². The average Bonchev–Trinajstić information content (AvgIpc) is 3.32. The third-order valence-corrected chi connectivity index (χ3v) is 6.49. The van der Waals surface area contributed by atoms with Crippen LogP contribution in [-0.4, -0.2) is 52.4 Å². The maximum Gasteiger partial charge on any atom is 0.414 e. The van der Waals surface area contributed by atoms with Gasteiger partial charge in [0, 0.05) is 30.7 Å². The number of hydrogen-bond donors (Lipinski definition) is 2. The topological polar surface area (TPSA) is 79.0 Å². The molecule has 1 saturated heterocycles. The molecular weight excluding hydrogens is 481 g/mol. The second-order valence-electron chi connectivity index (χ2n) is 10.2. The van der Waals surface area contributed by atoms with Crippen LogP contribution in [0.4, 0.5) is 24.7 Å². The summed E-state index contributed by atoms with van der Waals surface area (Å²) < 4.78 is 47.6. The van der Waals surface area contributed by atoms with Crippen molar-refractivity contribution in [3.05, 3.63) is 66.2 Å². The van der Waals surface area contributed by atoms with Gasteiger partial charge in [0.05, 0.1) is 24.3 Å². The fourth-order valence-corrected chi connectivity index (χ4v) is 4.42. The van der Waals surface area contributed by atoms with E-state index in [9.17, 15) is 13.2 Å². The van der Waals surface area contributed by atoms with Crippen LogP contribution in [0.2, 0.25) is 0 Å². The minimum atomic E-state index is -4.52. The molecule has 194 valence electrons. The Hall–Kier alpha value is -3.66. The molecule has 3 aromatic heterocycles. The Morgan fingerprint density at radius 1 is 0.973 bits per heavy atom. The van der Waals surface area contributed by atoms with Crippen molar-refractivity contribution in [2.45, 2.75) is 38.4 Å². The molecule has 1 fully saturated rings. The first-order valence-corrected chi connectivity index (χ1v) is 12.2. The third-order valence-electron chi connectivity index (χ3n) is 6.49. The van der Waals surface area contributed by atoms with E-state index >= 15 is 0 Å². The fourth-order valence-electron chi connectivity index (χ4n) is 4.42. The van der Waals surface area contributed by atoms with Gasteiger partial charge in [0.15, 0.2) is 6.04 Å². The number of aromatic amines is 1. The number of aromatic nitrogens is 4. The lowest BCUT2D eigenvalue weighted by atomic mass is 9.87. The van der Waals surface area contributed by atoms with Crippen molar-refractivity contribution in [3.63, 3.8) is 0 Å². The molecule has 1 unspecified atom stereocenters. The van der Waals surface area contributed by atoms with Crippen molar-refractivity contribution in [2.24, 2.45) is 0 Å². The molecule has 0 bridgehead atoms. The van der Waals surface area contributed by atoms with Gasteiger partial charge in [-0.25, -0.2) is 9.97 Å². The SMILES string of the molecule is CC(C)(C)c1ccnc(C(Nc2ccc(-c3cc4c(N5CCOCC5)ncnc4[nH]3)cc2)C(F)(F)F)c1. The zero-order chi connectivity index (χ0) is 26.2. The maximum atomic E-state index is 14.0. The lowest BCUT2D eigenvalue weighted by Gasteiger charge is -2.27. The summed E-state index contributed by atoms with van der Waals surface area (Å²) in [5.41, 5.74) is 3.13. The Kier molecular flexibility index (Phi) is 6.53. The third kappa shape index (κ3) is 5.39. The van der Waals surface area contributed by atoms with E-state index in [1.165, 1.54) is 18.6 Å². The van der Waals surface area contributed by atoms with Crippen LogP contribution in [0.15, 0.2) is 55.0 Å². The zero-order valence-electron chi connectivity index (χ0n) is 20.9. The van der Waals surface area contributed by atoms with Gasteiger partial charge < -0.3 is 19.9 Å². The smallest absolute Gasteiger partial charge is 0.378 e. The van der Waals surface area contributed by atoms with Gasteiger partial charge in [0.2, 0.25) is 0 Å². The number of nitrogens with zero attached hydrogens (tertiary/aromatic N) is 4. The quantitative estimate of drug-likeness (QED) is 0.350. The summed E-state index contributed by atoms with van der Waals surface area (Å²) in [6.07, 6.45) is -1.56. The Bertz CT molecular complexity index is 1370. The van der Waals surface area contributed by atoms with Crippen LogP contribution >= 0.6 is 0 Å². The Balaban J connectivity index is 1.40. The van der Waals surface area contributed by atoms with Gasteiger partial charge in [0.1, 0.15) is 17.8 Å². The van der Waals surface area contributed by atoms with Gasteiger partial charge in [-0.05, 0) is 46.9 Å². The molecule has 7 nitrogen and oxygen atoms in total. The Labute approximate surface area is 213 Å². The minimum Gasteiger partial charge on any atom is -0.378 e. The van der Waals surface area contributed by atoms with Crippen molar-refractivity contribution < 1.29 is 17.9 Å². The molecule has 0 spiro atoms. The first-order valence-electron chi connectivity index (χ1n) is 12.2. The van der Waals surface area contributed by atoms with Crippen molar-refractivity contribution in [3.8, 4) is 11.3 Å². The van der Waals surface area contributed by atoms with Gasteiger partial charge in [-0.1, -0.05) is 32.9 Å². The van der Waals surface area contributed by atoms with Crippen molar-refractivity contribution in [2.75, 3.05) is 36.5 Å². The molecule has 0 saturated carbocycles. The molecule has 4 aromatic rings. The van der Waals surface area contributed by atoms with Crippen LogP contribution in [0, 0.1) is 0 Å². The first-order chi connectivity index (χ1) is 17.6. The number of fused-ring (bicyclic) bond motifs is 1. The van der Waals surface area contributed by atoms with Gasteiger partial charge in [-0.3, -0.25) is 4.98 Å². The number of nitrogens with one attached hydrogen (secondary N) is 2. The monoisotopic (exact) mass is 510 g/mol. The van der Waals surface area contributed by atoms with Crippen LogP contribution < -0.4 is 10.2 Å². The zero-order valence-corrected chi connectivity index (χ0v) is 20.9. The molecule has 0 amide bonds. The molecule has 1 atom stereocenters. The number of alkyl halides is 3. The molecular formula is C27H29F3N6O. The average molecular weight is 511 g/mol. The first kappa shape index (κ1) is 25.0. The van der Waals surface area contributed by atoms with E-state index in [1.54, 1.807) is 30.3 Å². The lowest BCUT2D eigenvalue weighted by Crippen LogP contribution is -2.36. The van der Waals surface area contributed by atoms with Crippen LogP contribution in [0.25, 0.3) is 22.3 Å². The van der Waals surface area contributed by atoms with Gasteiger partial charge in [-0.15, -0.1) is 0 Å². The summed E-state index contributed by atoms with van der Waals surface area (Å²) in [5, 5.41) is 3.52. The minimum absolute atomic E-state index is 0.0613. The maximum absolute atomic E-state index is 14.0. The predicted octanol–water partition coefficient (Wildman–Crippen LogP) is 5.87. The van der Waals surface area contributed by atoms with E-state index in [-0.39, 0.29) is 11.1 Å². The molecule has 5 rings (SSSR count). The van der Waals surface area contributed by atoms with Crippen LogP contribution in [0.5, 0.6) is 0 Å². The number of benzene rings is 1. The van der Waals surface area contributed by atoms with Crippen LogP contribution in [0.1, 0.15) is 38.1 Å². The summed E-state index contributed by atoms with van der Waals surface area (Å²) in [6, 6.07) is 10.2. The van der Waals surface area contributed by atoms with Gasteiger partial charge in [0.25, 0.3) is 0 Å². The molecule has 10 heteroatoms. The molecule has 2 N–H and O–H groups in total. The number of H-pyrrole nitrogens is 1. The standard InChI is InChI=1S/C27H29F3N6O/c1-26(2,3)18-8-9-31-22(14-18)23(27(28,29)30)34-19-6-4-17(5-7-19)21-15-20-24(35-21)32-16-33-25(20)36-10-12-37-13-11-36/h4-9,14-16,23,34H,10-13H2,1-3H3,(H,32,33,35). The number of anilines is 2. The molecule has 0 radical (unpaired) electrons. The normalized spacial score (nSPS) is 15.7. The highest BCUT2D eigenvalue weighted by Gasteiger charge is 2.42. The van der Waals surface area contributed by atoms with Crippen LogP contribution in [0.3, 0.4) is 0 Å². The predicted molar refractivity (Wildman–Crippen MR) is 138 cm³/mol. The summed E-state index contributed by atoms with van der Waals surface area (Å²) in [7, 11) is 0. The highest BCUT2D eigenvalue weighted by molar-refractivity contribution is 5.92. The summed E-state index contributed by atoms with van der Waals surface area (Å²) in [6.45, 7) is 8.67. The molecule has 1 aliphatic rings. The van der Waals surface area contributed by atoms with Crippen LogP contribution in [-0.2, 0) is 10.2 Å².